The van der Waals surface area contributed by atoms with Gasteiger partial charge in [-0.15, -0.1) is 0 Å². The predicted octanol–water partition coefficient (Wildman–Crippen LogP) is 10.8. The van der Waals surface area contributed by atoms with Crippen LogP contribution in [0.15, 0.2) is 60.8 Å². The summed E-state index contributed by atoms with van der Waals surface area (Å²) < 4.78 is 10.5. The van der Waals surface area contributed by atoms with Crippen LogP contribution < -0.4 is 0 Å². The molecule has 5 heteroatoms. The molecule has 0 spiro atoms. The summed E-state index contributed by atoms with van der Waals surface area (Å²) in [6, 6.07) is 0. The van der Waals surface area contributed by atoms with Crippen LogP contribution in [0.1, 0.15) is 155 Å². The van der Waals surface area contributed by atoms with Crippen LogP contribution in [0.5, 0.6) is 0 Å². The molecular weight excluding hydrogens is 548 g/mol. The number of aliphatic hydroxyl groups excluding tert-OH is 1. The number of hydrogen-bond donors (Lipinski definition) is 1. The van der Waals surface area contributed by atoms with Gasteiger partial charge in [0.2, 0.25) is 0 Å². The summed E-state index contributed by atoms with van der Waals surface area (Å²) in [4.78, 5) is 24.1. The van der Waals surface area contributed by atoms with E-state index in [4.69, 9.17) is 9.47 Å². The smallest absolute Gasteiger partial charge is 0.306 e. The summed E-state index contributed by atoms with van der Waals surface area (Å²) in [6.45, 7) is 3.93. The molecule has 0 heterocycles. The first-order valence-electron chi connectivity index (χ1n) is 17.8. The van der Waals surface area contributed by atoms with Gasteiger partial charge in [0.1, 0.15) is 6.61 Å². The van der Waals surface area contributed by atoms with Gasteiger partial charge in [0.15, 0.2) is 6.10 Å². The fourth-order valence-corrected chi connectivity index (χ4v) is 4.62. The second kappa shape index (κ2) is 35.1. The van der Waals surface area contributed by atoms with Crippen LogP contribution in [-0.2, 0) is 19.1 Å². The summed E-state index contributed by atoms with van der Waals surface area (Å²) in [5.74, 6) is -0.696. The van der Waals surface area contributed by atoms with Crippen molar-refractivity contribution in [1.29, 1.82) is 0 Å². The van der Waals surface area contributed by atoms with Gasteiger partial charge in [0.25, 0.3) is 0 Å². The summed E-state index contributed by atoms with van der Waals surface area (Å²) in [6.07, 6.45) is 44.3. The van der Waals surface area contributed by atoms with Gasteiger partial charge in [-0.25, -0.2) is 0 Å². The summed E-state index contributed by atoms with van der Waals surface area (Å²) in [5, 5.41) is 9.50. The Morgan fingerprint density at radius 2 is 1.02 bits per heavy atom. The first-order chi connectivity index (χ1) is 21.6. The van der Waals surface area contributed by atoms with Crippen molar-refractivity contribution in [3.05, 3.63) is 60.8 Å². The lowest BCUT2D eigenvalue weighted by molar-refractivity contribution is -0.161. The second-order valence-electron chi connectivity index (χ2n) is 11.6. The average Bonchev–Trinajstić information content (AvgIpc) is 3.02. The molecule has 44 heavy (non-hydrogen) atoms. The standard InChI is InChI=1S/C39H66O5/c1-3-5-7-9-11-13-15-17-18-19-20-22-23-25-27-29-31-33-38(41)43-36-37(35-40)44-39(42)34-32-30-28-26-24-21-16-14-12-10-8-6-4-2/h6,8,12,14,17-18,21,24,28,30,37,40H,3-5,7,9-11,13,15-16,19-20,22-23,25-27,29,31-36H2,1-2H3/b8-6-,14-12-,18-17-,24-21-,30-28-. The minimum absolute atomic E-state index is 0.0988. The van der Waals surface area contributed by atoms with Gasteiger partial charge in [-0.1, -0.05) is 139 Å². The molecule has 0 aromatic heterocycles. The highest BCUT2D eigenvalue weighted by Crippen LogP contribution is 2.12. The summed E-state index contributed by atoms with van der Waals surface area (Å²) in [7, 11) is 0. The molecule has 1 unspecified atom stereocenters. The van der Waals surface area contributed by atoms with Gasteiger partial charge in [-0.2, -0.15) is 0 Å². The zero-order valence-corrected chi connectivity index (χ0v) is 28.4. The van der Waals surface area contributed by atoms with E-state index in [9.17, 15) is 14.7 Å². The topological polar surface area (TPSA) is 72.8 Å². The maximum absolute atomic E-state index is 12.1. The number of allylic oxidation sites excluding steroid dienone is 10. The molecule has 0 fully saturated rings. The minimum Gasteiger partial charge on any atom is -0.462 e. The maximum Gasteiger partial charge on any atom is 0.306 e. The largest absolute Gasteiger partial charge is 0.462 e. The third-order valence-electron chi connectivity index (χ3n) is 7.31. The molecule has 0 aromatic rings. The lowest BCUT2D eigenvalue weighted by Gasteiger charge is -2.15. The Kier molecular flexibility index (Phi) is 33.2. The van der Waals surface area contributed by atoms with Crippen LogP contribution in [0.25, 0.3) is 0 Å². The Bertz CT molecular complexity index is 792. The number of ether oxygens (including phenoxy) is 2. The first-order valence-corrected chi connectivity index (χ1v) is 17.8. The molecule has 0 aliphatic heterocycles. The molecule has 0 bridgehead atoms. The highest BCUT2D eigenvalue weighted by molar-refractivity contribution is 5.70. The monoisotopic (exact) mass is 614 g/mol. The van der Waals surface area contributed by atoms with E-state index < -0.39 is 12.1 Å². The SMILES string of the molecule is CC/C=C\C/C=C\C/C=C\C/C=C\CCC(=O)OC(CO)COC(=O)CCCCCCCCC/C=C\CCCCCCCC. The zero-order valence-electron chi connectivity index (χ0n) is 28.4. The van der Waals surface area contributed by atoms with E-state index in [1.165, 1.54) is 77.0 Å². The molecule has 5 nitrogen and oxygen atoms in total. The Morgan fingerprint density at radius 3 is 1.57 bits per heavy atom. The fourth-order valence-electron chi connectivity index (χ4n) is 4.62. The molecule has 0 amide bonds. The van der Waals surface area contributed by atoms with Gasteiger partial charge in [0, 0.05) is 12.8 Å². The molecule has 1 atom stereocenters. The van der Waals surface area contributed by atoms with Crippen molar-refractivity contribution in [2.24, 2.45) is 0 Å². The number of rotatable bonds is 31. The van der Waals surface area contributed by atoms with Crippen molar-refractivity contribution < 1.29 is 24.2 Å². The summed E-state index contributed by atoms with van der Waals surface area (Å²) in [5.41, 5.74) is 0. The van der Waals surface area contributed by atoms with E-state index in [0.717, 1.165) is 44.9 Å². The normalized spacial score (nSPS) is 12.9. The molecule has 0 saturated heterocycles. The summed E-state index contributed by atoms with van der Waals surface area (Å²) >= 11 is 0. The quantitative estimate of drug-likeness (QED) is 0.0478. The van der Waals surface area contributed by atoms with Gasteiger partial charge < -0.3 is 14.6 Å². The van der Waals surface area contributed by atoms with Crippen molar-refractivity contribution >= 4 is 11.9 Å². The van der Waals surface area contributed by atoms with Crippen molar-refractivity contribution in [1.82, 2.24) is 0 Å². The molecule has 0 rings (SSSR count). The molecule has 0 radical (unpaired) electrons. The Balaban J connectivity index is 3.67. The first kappa shape index (κ1) is 41.6. The van der Waals surface area contributed by atoms with E-state index in [1.54, 1.807) is 0 Å². The van der Waals surface area contributed by atoms with Crippen molar-refractivity contribution in [2.45, 2.75) is 161 Å². The van der Waals surface area contributed by atoms with Gasteiger partial charge in [-0.3, -0.25) is 9.59 Å². The molecule has 1 N–H and O–H groups in total. The minimum atomic E-state index is -0.811. The molecule has 0 aliphatic carbocycles. The van der Waals surface area contributed by atoms with E-state index in [-0.39, 0.29) is 25.6 Å². The van der Waals surface area contributed by atoms with Gasteiger partial charge >= 0.3 is 11.9 Å². The van der Waals surface area contributed by atoms with Crippen LogP contribution in [0, 0.1) is 0 Å². The highest BCUT2D eigenvalue weighted by atomic mass is 16.6. The van der Waals surface area contributed by atoms with Crippen LogP contribution >= 0.6 is 0 Å². The van der Waals surface area contributed by atoms with Crippen LogP contribution in [-0.4, -0.2) is 36.4 Å². The lowest BCUT2D eigenvalue weighted by Crippen LogP contribution is -2.28. The Labute approximate surface area is 271 Å². The third-order valence-corrected chi connectivity index (χ3v) is 7.31. The molecule has 252 valence electrons. The zero-order chi connectivity index (χ0) is 32.2. The van der Waals surface area contributed by atoms with E-state index in [2.05, 4.69) is 62.5 Å². The number of esters is 2. The Hall–Kier alpha value is -2.40. The molecular formula is C39H66O5. The molecule has 0 aliphatic rings. The molecule has 0 aromatic carbocycles. The van der Waals surface area contributed by atoms with Gasteiger partial charge in [-0.05, 0) is 64.2 Å². The lowest BCUT2D eigenvalue weighted by atomic mass is 10.1. The van der Waals surface area contributed by atoms with E-state index in [0.29, 0.717) is 12.8 Å². The number of carbonyl (C=O) groups excluding carboxylic acids is 2. The van der Waals surface area contributed by atoms with E-state index >= 15 is 0 Å². The number of aliphatic hydroxyl groups is 1. The van der Waals surface area contributed by atoms with Crippen molar-refractivity contribution in [3.63, 3.8) is 0 Å². The Morgan fingerprint density at radius 1 is 0.545 bits per heavy atom. The molecule has 0 saturated carbocycles. The van der Waals surface area contributed by atoms with Crippen molar-refractivity contribution in [3.8, 4) is 0 Å². The van der Waals surface area contributed by atoms with Crippen LogP contribution in [0.2, 0.25) is 0 Å². The van der Waals surface area contributed by atoms with E-state index in [1.807, 2.05) is 12.2 Å². The second-order valence-corrected chi connectivity index (χ2v) is 11.6. The number of carbonyl (C=O) groups is 2. The third kappa shape index (κ3) is 32.5. The van der Waals surface area contributed by atoms with Crippen molar-refractivity contribution in [2.75, 3.05) is 13.2 Å². The van der Waals surface area contributed by atoms with Crippen LogP contribution in [0.3, 0.4) is 0 Å². The predicted molar refractivity (Wildman–Crippen MR) is 187 cm³/mol. The van der Waals surface area contributed by atoms with Gasteiger partial charge in [0.05, 0.1) is 6.61 Å². The van der Waals surface area contributed by atoms with Crippen LogP contribution in [0.4, 0.5) is 0 Å². The number of unbranched alkanes of at least 4 members (excludes halogenated alkanes) is 13. The maximum atomic E-state index is 12.1. The average molecular weight is 615 g/mol. The fraction of sp³-hybridized carbons (Fsp3) is 0.692. The highest BCUT2D eigenvalue weighted by Gasteiger charge is 2.15. The number of hydrogen-bond acceptors (Lipinski definition) is 5.